The Bertz CT molecular complexity index is 729. The number of piperidine rings is 1. The lowest BCUT2D eigenvalue weighted by atomic mass is 10.0. The third kappa shape index (κ3) is 3.39. The van der Waals surface area contributed by atoms with Crippen molar-refractivity contribution in [2.24, 2.45) is 0 Å². The normalized spacial score (nSPS) is 22.8. The van der Waals surface area contributed by atoms with Crippen LogP contribution in [-0.2, 0) is 10.0 Å². The summed E-state index contributed by atoms with van der Waals surface area (Å²) < 4.78 is 27.6. The number of hydrogen-bond acceptors (Lipinski definition) is 3. The maximum Gasteiger partial charge on any atom is 0.255 e. The molecule has 0 aromatic heterocycles. The maximum atomic E-state index is 12.9. The molecule has 132 valence electrons. The van der Waals surface area contributed by atoms with Gasteiger partial charge in [0.25, 0.3) is 5.91 Å². The lowest BCUT2D eigenvalue weighted by Crippen LogP contribution is -2.42. The number of benzene rings is 1. The predicted octanol–water partition coefficient (Wildman–Crippen LogP) is 3.25. The van der Waals surface area contributed by atoms with E-state index in [2.05, 4.69) is 22.9 Å². The predicted molar refractivity (Wildman–Crippen MR) is 96.5 cm³/mol. The summed E-state index contributed by atoms with van der Waals surface area (Å²) in [7, 11) is -3.51. The summed E-state index contributed by atoms with van der Waals surface area (Å²) in [5.74, 6) is -0.0902. The van der Waals surface area contributed by atoms with Gasteiger partial charge in [-0.15, -0.1) is 0 Å². The van der Waals surface area contributed by atoms with E-state index in [1.165, 1.54) is 10.4 Å². The van der Waals surface area contributed by atoms with E-state index in [9.17, 15) is 13.2 Å². The Kier molecular flexibility index (Phi) is 5.32. The summed E-state index contributed by atoms with van der Waals surface area (Å²) in [6.07, 6.45) is 4.92. The zero-order valence-electron chi connectivity index (χ0n) is 13.9. The third-order valence-corrected chi connectivity index (χ3v) is 7.52. The Morgan fingerprint density at radius 2 is 1.79 bits per heavy atom. The van der Waals surface area contributed by atoms with Crippen molar-refractivity contribution in [1.82, 2.24) is 9.21 Å². The minimum Gasteiger partial charge on any atom is -0.336 e. The number of halogens is 1. The molecule has 0 N–H and O–H groups in total. The van der Waals surface area contributed by atoms with Crippen LogP contribution >= 0.6 is 15.9 Å². The van der Waals surface area contributed by atoms with Gasteiger partial charge in [0.2, 0.25) is 10.0 Å². The van der Waals surface area contributed by atoms with E-state index in [0.29, 0.717) is 23.1 Å². The topological polar surface area (TPSA) is 57.7 Å². The average Bonchev–Trinajstić information content (AvgIpc) is 3.10. The van der Waals surface area contributed by atoms with Crippen LogP contribution in [0.1, 0.15) is 49.4 Å². The number of nitrogens with zero attached hydrogens (tertiary/aromatic N) is 2. The van der Waals surface area contributed by atoms with E-state index in [1.54, 1.807) is 12.1 Å². The molecule has 1 unspecified atom stereocenters. The van der Waals surface area contributed by atoms with E-state index in [1.807, 2.05) is 4.90 Å². The summed E-state index contributed by atoms with van der Waals surface area (Å²) in [4.78, 5) is 15.0. The number of carbonyl (C=O) groups is 1. The third-order valence-electron chi connectivity index (χ3n) is 4.93. The minimum atomic E-state index is -3.51. The first-order valence-corrected chi connectivity index (χ1v) is 10.8. The number of likely N-dealkylation sites (tertiary alicyclic amines) is 1. The molecule has 1 aromatic rings. The highest BCUT2D eigenvalue weighted by Gasteiger charge is 2.30. The van der Waals surface area contributed by atoms with Gasteiger partial charge in [-0.3, -0.25) is 4.79 Å². The summed E-state index contributed by atoms with van der Waals surface area (Å²) >= 11 is 3.41. The van der Waals surface area contributed by atoms with Crippen LogP contribution in [0.15, 0.2) is 27.6 Å². The first kappa shape index (κ1) is 17.9. The molecule has 0 saturated carbocycles. The van der Waals surface area contributed by atoms with Crippen LogP contribution in [0.2, 0.25) is 0 Å². The van der Waals surface area contributed by atoms with Crippen LogP contribution < -0.4 is 0 Å². The van der Waals surface area contributed by atoms with Crippen molar-refractivity contribution < 1.29 is 13.2 Å². The zero-order chi connectivity index (χ0) is 17.3. The number of carbonyl (C=O) groups excluding carboxylic acids is 1. The van der Waals surface area contributed by atoms with E-state index >= 15 is 0 Å². The van der Waals surface area contributed by atoms with E-state index in [4.69, 9.17) is 0 Å². The van der Waals surface area contributed by atoms with Crippen LogP contribution in [0.25, 0.3) is 0 Å². The van der Waals surface area contributed by atoms with Gasteiger partial charge in [0.15, 0.2) is 0 Å². The fourth-order valence-electron chi connectivity index (χ4n) is 3.46. The summed E-state index contributed by atoms with van der Waals surface area (Å²) in [6, 6.07) is 4.97. The standard InChI is InChI=1S/C17H23BrN2O3S/c1-13-6-2-3-11-20(13)17(21)15-12-14(7-8-16(15)18)24(22,23)19-9-4-5-10-19/h7-8,12-13H,2-6,9-11H2,1H3. The molecule has 24 heavy (non-hydrogen) atoms. The molecule has 0 spiro atoms. The molecule has 1 atom stereocenters. The second kappa shape index (κ2) is 7.14. The quantitative estimate of drug-likeness (QED) is 0.762. The van der Waals surface area contributed by atoms with Gasteiger partial charge >= 0.3 is 0 Å². The second-order valence-corrected chi connectivity index (χ2v) is 9.39. The lowest BCUT2D eigenvalue weighted by molar-refractivity contribution is 0.0634. The average molecular weight is 415 g/mol. The Balaban J connectivity index is 1.93. The van der Waals surface area contributed by atoms with Crippen molar-refractivity contribution >= 4 is 31.9 Å². The van der Waals surface area contributed by atoms with Crippen LogP contribution in [0, 0.1) is 0 Å². The van der Waals surface area contributed by atoms with Crippen molar-refractivity contribution in [1.29, 1.82) is 0 Å². The monoisotopic (exact) mass is 414 g/mol. The molecule has 3 rings (SSSR count). The molecule has 2 aliphatic heterocycles. The van der Waals surface area contributed by atoms with Crippen LogP contribution in [0.3, 0.4) is 0 Å². The number of amides is 1. The van der Waals surface area contributed by atoms with Gasteiger partial charge in [-0.25, -0.2) is 8.42 Å². The molecular weight excluding hydrogens is 392 g/mol. The molecule has 2 aliphatic rings. The summed E-state index contributed by atoms with van der Waals surface area (Å²) in [5.41, 5.74) is 0.434. The molecular formula is C17H23BrN2O3S. The van der Waals surface area contributed by atoms with Crippen LogP contribution in [0.5, 0.6) is 0 Å². The molecule has 7 heteroatoms. The first-order valence-electron chi connectivity index (χ1n) is 8.52. The number of hydrogen-bond donors (Lipinski definition) is 0. The van der Waals surface area contributed by atoms with Gasteiger partial charge < -0.3 is 4.90 Å². The van der Waals surface area contributed by atoms with Crippen molar-refractivity contribution in [3.05, 3.63) is 28.2 Å². The highest BCUT2D eigenvalue weighted by atomic mass is 79.9. The molecule has 1 aromatic carbocycles. The Hall–Kier alpha value is -0.920. The van der Waals surface area contributed by atoms with Gasteiger partial charge in [0.1, 0.15) is 0 Å². The van der Waals surface area contributed by atoms with Gasteiger partial charge in [0, 0.05) is 30.1 Å². The largest absolute Gasteiger partial charge is 0.336 e. The van der Waals surface area contributed by atoms with E-state index < -0.39 is 10.0 Å². The fraction of sp³-hybridized carbons (Fsp3) is 0.588. The Labute approximate surface area is 152 Å². The highest BCUT2D eigenvalue weighted by Crippen LogP contribution is 2.28. The fourth-order valence-corrected chi connectivity index (χ4v) is 5.42. The van der Waals surface area contributed by atoms with Gasteiger partial charge in [-0.2, -0.15) is 4.31 Å². The summed E-state index contributed by atoms with van der Waals surface area (Å²) in [5, 5.41) is 0. The van der Waals surface area contributed by atoms with Crippen molar-refractivity contribution in [3.63, 3.8) is 0 Å². The van der Waals surface area contributed by atoms with Crippen LogP contribution in [0.4, 0.5) is 0 Å². The van der Waals surface area contributed by atoms with Crippen molar-refractivity contribution in [2.75, 3.05) is 19.6 Å². The second-order valence-electron chi connectivity index (χ2n) is 6.60. The van der Waals surface area contributed by atoms with Crippen molar-refractivity contribution in [3.8, 4) is 0 Å². The smallest absolute Gasteiger partial charge is 0.255 e. The molecule has 1 amide bonds. The molecule has 2 saturated heterocycles. The molecule has 5 nitrogen and oxygen atoms in total. The highest BCUT2D eigenvalue weighted by molar-refractivity contribution is 9.10. The van der Waals surface area contributed by atoms with E-state index in [0.717, 1.165) is 38.6 Å². The van der Waals surface area contributed by atoms with Crippen LogP contribution in [-0.4, -0.2) is 49.2 Å². The minimum absolute atomic E-state index is 0.0902. The van der Waals surface area contributed by atoms with Crippen molar-refractivity contribution in [2.45, 2.75) is 50.0 Å². The van der Waals surface area contributed by atoms with E-state index in [-0.39, 0.29) is 16.8 Å². The number of sulfonamides is 1. The maximum absolute atomic E-state index is 12.9. The zero-order valence-corrected chi connectivity index (χ0v) is 16.3. The molecule has 2 fully saturated rings. The molecule has 0 aliphatic carbocycles. The lowest BCUT2D eigenvalue weighted by Gasteiger charge is -2.33. The Morgan fingerprint density at radius 3 is 2.46 bits per heavy atom. The van der Waals surface area contributed by atoms with Gasteiger partial charge in [-0.05, 0) is 73.2 Å². The SMILES string of the molecule is CC1CCCCN1C(=O)c1cc(S(=O)(=O)N2CCCC2)ccc1Br. The molecule has 2 heterocycles. The first-order chi connectivity index (χ1) is 11.4. The molecule has 0 bridgehead atoms. The van der Waals surface area contributed by atoms with Gasteiger partial charge in [0.05, 0.1) is 10.5 Å². The van der Waals surface area contributed by atoms with Gasteiger partial charge in [-0.1, -0.05) is 0 Å². The molecule has 0 radical (unpaired) electrons. The Morgan fingerprint density at radius 1 is 1.12 bits per heavy atom. The summed E-state index contributed by atoms with van der Waals surface area (Å²) in [6.45, 7) is 3.90. The number of rotatable bonds is 3.